The summed E-state index contributed by atoms with van der Waals surface area (Å²) in [6.45, 7) is 6.65. The number of amides is 1. The minimum absolute atomic E-state index is 0.0501. The summed E-state index contributed by atoms with van der Waals surface area (Å²) in [4.78, 5) is 35.5. The van der Waals surface area contributed by atoms with Gasteiger partial charge < -0.3 is 9.80 Å². The van der Waals surface area contributed by atoms with Crippen molar-refractivity contribution < 1.29 is 4.79 Å². The first-order chi connectivity index (χ1) is 16.6. The van der Waals surface area contributed by atoms with E-state index in [0.717, 1.165) is 43.9 Å². The van der Waals surface area contributed by atoms with Crippen molar-refractivity contribution in [2.75, 3.05) is 32.7 Å². The van der Waals surface area contributed by atoms with Crippen molar-refractivity contribution in [3.05, 3.63) is 64.4 Å². The minimum atomic E-state index is -0.0501. The molecule has 0 N–H and O–H groups in total. The van der Waals surface area contributed by atoms with Gasteiger partial charge in [0.25, 0.3) is 5.56 Å². The van der Waals surface area contributed by atoms with Crippen LogP contribution in [-0.4, -0.2) is 63.2 Å². The van der Waals surface area contributed by atoms with Crippen molar-refractivity contribution in [1.82, 2.24) is 19.4 Å². The standard InChI is InChI=1S/C27H32N4O2S/c1-20-11-13-21(14-12-20)31-26(33)23-8-3-4-9-24(23)28-27(31)34-22(18-29-15-5-2-6-16-29)19-30-17-7-10-25(30)32/h3-4,8-9,11-14,22H,2,5-7,10,15-19H2,1H3. The van der Waals surface area contributed by atoms with Gasteiger partial charge in [0, 0.05) is 31.3 Å². The summed E-state index contributed by atoms with van der Waals surface area (Å²) in [7, 11) is 0. The zero-order valence-electron chi connectivity index (χ0n) is 19.8. The Labute approximate surface area is 205 Å². The predicted octanol–water partition coefficient (Wildman–Crippen LogP) is 4.26. The molecule has 0 aliphatic carbocycles. The van der Waals surface area contributed by atoms with Crippen LogP contribution < -0.4 is 5.56 Å². The molecule has 2 aliphatic heterocycles. The van der Waals surface area contributed by atoms with Gasteiger partial charge in [0.1, 0.15) is 0 Å². The van der Waals surface area contributed by atoms with E-state index in [1.54, 1.807) is 16.3 Å². The van der Waals surface area contributed by atoms with Crippen molar-refractivity contribution in [3.8, 4) is 5.69 Å². The fourth-order valence-electron chi connectivity index (χ4n) is 4.97. The molecule has 3 aromatic rings. The molecule has 0 spiro atoms. The summed E-state index contributed by atoms with van der Waals surface area (Å²) >= 11 is 1.64. The molecule has 1 atom stereocenters. The number of thioether (sulfide) groups is 1. The van der Waals surface area contributed by atoms with Crippen LogP contribution in [0.2, 0.25) is 0 Å². The van der Waals surface area contributed by atoms with Gasteiger partial charge in [-0.25, -0.2) is 4.98 Å². The van der Waals surface area contributed by atoms with Crippen LogP contribution in [0.3, 0.4) is 0 Å². The van der Waals surface area contributed by atoms with E-state index in [4.69, 9.17) is 4.98 Å². The lowest BCUT2D eigenvalue weighted by Gasteiger charge is -2.32. The Morgan fingerprint density at radius 2 is 1.68 bits per heavy atom. The maximum atomic E-state index is 13.6. The normalized spacial score (nSPS) is 18.0. The van der Waals surface area contributed by atoms with E-state index < -0.39 is 0 Å². The van der Waals surface area contributed by atoms with E-state index in [2.05, 4.69) is 4.90 Å². The van der Waals surface area contributed by atoms with Crippen LogP contribution in [0.25, 0.3) is 16.6 Å². The van der Waals surface area contributed by atoms with Gasteiger partial charge in [0.15, 0.2) is 5.16 Å². The first-order valence-corrected chi connectivity index (χ1v) is 13.2. The molecule has 5 rings (SSSR count). The van der Waals surface area contributed by atoms with Crippen molar-refractivity contribution >= 4 is 28.6 Å². The van der Waals surface area contributed by atoms with Gasteiger partial charge in [0.2, 0.25) is 5.91 Å². The van der Waals surface area contributed by atoms with Gasteiger partial charge in [-0.1, -0.05) is 48.0 Å². The molecule has 2 aromatic carbocycles. The van der Waals surface area contributed by atoms with Crippen molar-refractivity contribution in [2.24, 2.45) is 0 Å². The number of fused-ring (bicyclic) bond motifs is 1. The molecule has 0 bridgehead atoms. The van der Waals surface area contributed by atoms with Gasteiger partial charge in [-0.3, -0.25) is 14.2 Å². The number of aromatic nitrogens is 2. The minimum Gasteiger partial charge on any atom is -0.342 e. The number of hydrogen-bond donors (Lipinski definition) is 0. The molecule has 0 radical (unpaired) electrons. The van der Waals surface area contributed by atoms with Crippen molar-refractivity contribution in [1.29, 1.82) is 0 Å². The zero-order chi connectivity index (χ0) is 23.5. The molecule has 6 nitrogen and oxygen atoms in total. The number of carbonyl (C=O) groups is 1. The quantitative estimate of drug-likeness (QED) is 0.377. The summed E-state index contributed by atoms with van der Waals surface area (Å²) in [5, 5.41) is 1.46. The molecule has 1 unspecified atom stereocenters. The molecule has 3 heterocycles. The molecule has 0 saturated carbocycles. The monoisotopic (exact) mass is 476 g/mol. The van der Waals surface area contributed by atoms with E-state index in [9.17, 15) is 9.59 Å². The van der Waals surface area contributed by atoms with Crippen LogP contribution in [0, 0.1) is 6.92 Å². The van der Waals surface area contributed by atoms with Crippen LogP contribution in [-0.2, 0) is 4.79 Å². The summed E-state index contributed by atoms with van der Waals surface area (Å²) in [6.07, 6.45) is 5.31. The number of para-hydroxylation sites is 1. The number of hydrogen-bond acceptors (Lipinski definition) is 5. The second-order valence-electron chi connectivity index (χ2n) is 9.43. The van der Waals surface area contributed by atoms with Gasteiger partial charge >= 0.3 is 0 Å². The second kappa shape index (κ2) is 10.3. The van der Waals surface area contributed by atoms with Crippen LogP contribution in [0.5, 0.6) is 0 Å². The third kappa shape index (κ3) is 5.05. The Kier molecular flexibility index (Phi) is 7.02. The van der Waals surface area contributed by atoms with Crippen LogP contribution >= 0.6 is 11.8 Å². The molecular weight excluding hydrogens is 444 g/mol. The summed E-state index contributed by atoms with van der Waals surface area (Å²) in [5.74, 6) is 0.242. The Balaban J connectivity index is 1.54. The lowest BCUT2D eigenvalue weighted by Crippen LogP contribution is -2.41. The van der Waals surface area contributed by atoms with Gasteiger partial charge in [0.05, 0.1) is 16.6 Å². The Bertz CT molecular complexity index is 1220. The fourth-order valence-corrected chi connectivity index (χ4v) is 6.25. The number of carbonyl (C=O) groups excluding carboxylic acids is 1. The van der Waals surface area contributed by atoms with Crippen LogP contribution in [0.15, 0.2) is 58.5 Å². The van der Waals surface area contributed by atoms with E-state index in [-0.39, 0.29) is 16.7 Å². The molecule has 34 heavy (non-hydrogen) atoms. The van der Waals surface area contributed by atoms with Gasteiger partial charge in [-0.15, -0.1) is 0 Å². The summed E-state index contributed by atoms with van der Waals surface area (Å²) < 4.78 is 1.75. The topological polar surface area (TPSA) is 58.4 Å². The molecule has 178 valence electrons. The van der Waals surface area contributed by atoms with E-state index >= 15 is 0 Å². The van der Waals surface area contributed by atoms with Crippen molar-refractivity contribution in [3.63, 3.8) is 0 Å². The Morgan fingerprint density at radius 3 is 2.41 bits per heavy atom. The molecule has 2 fully saturated rings. The number of aryl methyl sites for hydroxylation is 1. The Morgan fingerprint density at radius 1 is 0.912 bits per heavy atom. The molecular formula is C27H32N4O2S. The first-order valence-electron chi connectivity index (χ1n) is 12.3. The molecule has 7 heteroatoms. The largest absolute Gasteiger partial charge is 0.342 e. The first kappa shape index (κ1) is 23.1. The number of piperidine rings is 1. The van der Waals surface area contributed by atoms with Crippen LogP contribution in [0.4, 0.5) is 0 Å². The molecule has 2 aliphatic rings. The van der Waals surface area contributed by atoms with Gasteiger partial charge in [-0.05, 0) is 63.5 Å². The third-order valence-electron chi connectivity index (χ3n) is 6.82. The highest BCUT2D eigenvalue weighted by Crippen LogP contribution is 2.28. The van der Waals surface area contributed by atoms with E-state index in [1.165, 1.54) is 19.3 Å². The summed E-state index contributed by atoms with van der Waals surface area (Å²) in [6, 6.07) is 15.6. The lowest BCUT2D eigenvalue weighted by atomic mass is 10.1. The van der Waals surface area contributed by atoms with E-state index in [1.807, 2.05) is 60.4 Å². The smallest absolute Gasteiger partial charge is 0.266 e. The second-order valence-corrected chi connectivity index (χ2v) is 10.7. The SMILES string of the molecule is Cc1ccc(-n2c(SC(CN3CCCCC3)CN3CCCC3=O)nc3ccccc3c2=O)cc1. The summed E-state index contributed by atoms with van der Waals surface area (Å²) in [5.41, 5.74) is 2.64. The van der Waals surface area contributed by atoms with Crippen LogP contribution in [0.1, 0.15) is 37.7 Å². The number of benzene rings is 2. The third-order valence-corrected chi connectivity index (χ3v) is 7.93. The highest BCUT2D eigenvalue weighted by atomic mass is 32.2. The number of likely N-dealkylation sites (tertiary alicyclic amines) is 2. The maximum Gasteiger partial charge on any atom is 0.266 e. The number of nitrogens with zero attached hydrogens (tertiary/aromatic N) is 4. The van der Waals surface area contributed by atoms with E-state index in [0.29, 0.717) is 29.0 Å². The average Bonchev–Trinajstić information content (AvgIpc) is 3.25. The number of rotatable bonds is 7. The Hall–Kier alpha value is -2.64. The fraction of sp³-hybridized carbons (Fsp3) is 0.444. The molecule has 1 amide bonds. The lowest BCUT2D eigenvalue weighted by molar-refractivity contribution is -0.127. The average molecular weight is 477 g/mol. The molecule has 2 saturated heterocycles. The highest BCUT2D eigenvalue weighted by Gasteiger charge is 2.27. The zero-order valence-corrected chi connectivity index (χ0v) is 20.6. The van der Waals surface area contributed by atoms with Gasteiger partial charge in [-0.2, -0.15) is 0 Å². The molecule has 1 aromatic heterocycles. The highest BCUT2D eigenvalue weighted by molar-refractivity contribution is 7.99. The predicted molar refractivity (Wildman–Crippen MR) is 138 cm³/mol. The maximum absolute atomic E-state index is 13.6. The van der Waals surface area contributed by atoms with Crippen molar-refractivity contribution in [2.45, 2.75) is 49.4 Å².